The summed E-state index contributed by atoms with van der Waals surface area (Å²) in [5.74, 6) is -2.25. The van der Waals surface area contributed by atoms with E-state index in [1.165, 1.54) is 0 Å². The predicted molar refractivity (Wildman–Crippen MR) is 102 cm³/mol. The van der Waals surface area contributed by atoms with Gasteiger partial charge >= 0.3 is 6.03 Å². The van der Waals surface area contributed by atoms with E-state index in [0.717, 1.165) is 36.6 Å². The Labute approximate surface area is 158 Å². The van der Waals surface area contributed by atoms with Crippen molar-refractivity contribution >= 4 is 23.5 Å². The first-order chi connectivity index (χ1) is 12.9. The molecular formula is C19H25N5O3. The predicted octanol–water partition coefficient (Wildman–Crippen LogP) is 0.850. The third kappa shape index (κ3) is 4.01. The fourth-order valence-electron chi connectivity index (χ4n) is 3.18. The topological polar surface area (TPSA) is 85.0 Å². The summed E-state index contributed by atoms with van der Waals surface area (Å²) in [4.78, 5) is 41.1. The van der Waals surface area contributed by atoms with E-state index in [1.807, 2.05) is 24.1 Å². The highest BCUT2D eigenvalue weighted by molar-refractivity contribution is 6.28. The molecular weight excluding hydrogens is 346 g/mol. The molecule has 144 valence electrons. The van der Waals surface area contributed by atoms with Gasteiger partial charge in [-0.15, -0.1) is 0 Å². The van der Waals surface area contributed by atoms with Crippen LogP contribution in [-0.4, -0.2) is 61.0 Å². The summed E-state index contributed by atoms with van der Waals surface area (Å²) in [6, 6.07) is 6.31. The van der Waals surface area contributed by atoms with Crippen LogP contribution in [0, 0.1) is 12.8 Å². The van der Waals surface area contributed by atoms with Crippen LogP contribution >= 0.6 is 0 Å². The molecule has 1 aromatic rings. The number of piperazine rings is 1. The molecule has 1 aromatic carbocycles. The summed E-state index contributed by atoms with van der Waals surface area (Å²) in [7, 11) is 2.05. The SMILES string of the molecule is C/C=C(/NN1CCN(C)CC1)[C@@H]1C(=O)NC(=O)N(c2ccc(C)cc2)C1=O. The molecule has 0 saturated carbocycles. The van der Waals surface area contributed by atoms with E-state index < -0.39 is 23.8 Å². The van der Waals surface area contributed by atoms with Crippen LogP contribution in [0.15, 0.2) is 36.0 Å². The minimum atomic E-state index is -1.09. The number of allylic oxidation sites excluding steroid dienone is 1. The van der Waals surface area contributed by atoms with Gasteiger partial charge in [-0.1, -0.05) is 23.8 Å². The Hall–Kier alpha value is -2.71. The van der Waals surface area contributed by atoms with E-state index in [9.17, 15) is 14.4 Å². The molecule has 1 atom stereocenters. The van der Waals surface area contributed by atoms with Crippen LogP contribution in [0.5, 0.6) is 0 Å². The van der Waals surface area contributed by atoms with Gasteiger partial charge in [0.15, 0.2) is 5.92 Å². The summed E-state index contributed by atoms with van der Waals surface area (Å²) < 4.78 is 0. The van der Waals surface area contributed by atoms with E-state index >= 15 is 0 Å². The zero-order chi connectivity index (χ0) is 19.6. The van der Waals surface area contributed by atoms with E-state index in [2.05, 4.69) is 22.7 Å². The monoisotopic (exact) mass is 371 g/mol. The lowest BCUT2D eigenvalue weighted by molar-refractivity contribution is -0.133. The average Bonchev–Trinajstić information content (AvgIpc) is 2.63. The lowest BCUT2D eigenvalue weighted by atomic mass is 9.99. The number of anilines is 1. The highest BCUT2D eigenvalue weighted by Crippen LogP contribution is 2.24. The molecule has 8 heteroatoms. The van der Waals surface area contributed by atoms with E-state index in [0.29, 0.717) is 11.4 Å². The van der Waals surface area contributed by atoms with Gasteiger partial charge in [-0.25, -0.2) is 14.7 Å². The second kappa shape index (κ2) is 7.89. The average molecular weight is 371 g/mol. The number of urea groups is 1. The van der Waals surface area contributed by atoms with Crippen molar-refractivity contribution in [2.75, 3.05) is 38.1 Å². The Morgan fingerprint density at radius 1 is 1.11 bits per heavy atom. The molecule has 0 aliphatic carbocycles. The lowest BCUT2D eigenvalue weighted by Gasteiger charge is -2.36. The van der Waals surface area contributed by atoms with Crippen molar-refractivity contribution in [2.45, 2.75) is 13.8 Å². The first-order valence-electron chi connectivity index (χ1n) is 9.02. The van der Waals surface area contributed by atoms with Crippen LogP contribution in [0.25, 0.3) is 0 Å². The summed E-state index contributed by atoms with van der Waals surface area (Å²) in [5, 5.41) is 4.29. The molecule has 0 radical (unpaired) electrons. The number of nitrogens with one attached hydrogen (secondary N) is 2. The molecule has 0 spiro atoms. The molecule has 0 aromatic heterocycles. The van der Waals surface area contributed by atoms with Gasteiger partial charge in [-0.2, -0.15) is 0 Å². The number of amides is 4. The summed E-state index contributed by atoms with van der Waals surface area (Å²) in [5.41, 5.74) is 5.14. The van der Waals surface area contributed by atoms with Gasteiger partial charge < -0.3 is 10.3 Å². The van der Waals surface area contributed by atoms with Crippen molar-refractivity contribution in [1.82, 2.24) is 20.7 Å². The molecule has 2 aliphatic heterocycles. The first-order valence-corrected chi connectivity index (χ1v) is 9.02. The Morgan fingerprint density at radius 3 is 2.33 bits per heavy atom. The van der Waals surface area contributed by atoms with Crippen molar-refractivity contribution in [3.63, 3.8) is 0 Å². The second-order valence-corrected chi connectivity index (χ2v) is 6.88. The highest BCUT2D eigenvalue weighted by Gasteiger charge is 2.43. The fraction of sp³-hybridized carbons (Fsp3) is 0.421. The maximum atomic E-state index is 13.1. The van der Waals surface area contributed by atoms with Crippen LogP contribution in [0.2, 0.25) is 0 Å². The van der Waals surface area contributed by atoms with Crippen molar-refractivity contribution in [3.05, 3.63) is 41.6 Å². The number of likely N-dealkylation sites (N-methyl/N-ethyl adjacent to an activating group) is 1. The third-order valence-corrected chi connectivity index (χ3v) is 4.87. The molecule has 2 fully saturated rings. The van der Waals surface area contributed by atoms with Gasteiger partial charge in [0.1, 0.15) is 0 Å². The van der Waals surface area contributed by atoms with Crippen LogP contribution < -0.4 is 15.6 Å². The van der Waals surface area contributed by atoms with Crippen molar-refractivity contribution in [2.24, 2.45) is 5.92 Å². The first kappa shape index (κ1) is 19.1. The number of benzene rings is 1. The number of carbonyl (C=O) groups excluding carboxylic acids is 3. The summed E-state index contributed by atoms with van der Waals surface area (Å²) >= 11 is 0. The molecule has 2 saturated heterocycles. The number of carbonyl (C=O) groups is 3. The maximum absolute atomic E-state index is 13.1. The minimum absolute atomic E-state index is 0.440. The second-order valence-electron chi connectivity index (χ2n) is 6.88. The van der Waals surface area contributed by atoms with Gasteiger partial charge in [0, 0.05) is 31.9 Å². The molecule has 2 N–H and O–H groups in total. The number of hydrogen-bond donors (Lipinski definition) is 2. The van der Waals surface area contributed by atoms with Gasteiger partial charge in [-0.3, -0.25) is 14.9 Å². The number of aryl methyl sites for hydroxylation is 1. The van der Waals surface area contributed by atoms with E-state index in [1.54, 1.807) is 25.1 Å². The van der Waals surface area contributed by atoms with Gasteiger partial charge in [-0.05, 0) is 33.0 Å². The summed E-state index contributed by atoms with van der Waals surface area (Å²) in [6.45, 7) is 7.03. The third-order valence-electron chi connectivity index (χ3n) is 4.87. The standard InChI is InChI=1S/C19H25N5O3/c1-4-15(21-23-11-9-22(3)10-12-23)16-17(25)20-19(27)24(18(16)26)14-7-5-13(2)6-8-14/h4-8,16,21H,9-12H2,1-3H3,(H,20,25,27)/b15-4+/t16-/m1/s1. The zero-order valence-corrected chi connectivity index (χ0v) is 15.9. The number of hydrogen-bond acceptors (Lipinski definition) is 6. The van der Waals surface area contributed by atoms with E-state index in [-0.39, 0.29) is 0 Å². The van der Waals surface area contributed by atoms with Crippen LogP contribution in [0.4, 0.5) is 10.5 Å². The van der Waals surface area contributed by atoms with Gasteiger partial charge in [0.05, 0.1) is 5.69 Å². The molecule has 27 heavy (non-hydrogen) atoms. The van der Waals surface area contributed by atoms with Crippen molar-refractivity contribution < 1.29 is 14.4 Å². The number of nitrogens with zero attached hydrogens (tertiary/aromatic N) is 3. The number of hydrazine groups is 1. The summed E-state index contributed by atoms with van der Waals surface area (Å²) in [6.07, 6.45) is 1.71. The molecule has 4 amide bonds. The molecule has 3 rings (SSSR count). The van der Waals surface area contributed by atoms with Crippen molar-refractivity contribution in [1.29, 1.82) is 0 Å². The highest BCUT2D eigenvalue weighted by atomic mass is 16.2. The number of imide groups is 2. The quantitative estimate of drug-likeness (QED) is 0.764. The smallest absolute Gasteiger partial charge is 0.322 e. The van der Waals surface area contributed by atoms with Gasteiger partial charge in [0.2, 0.25) is 5.91 Å². The Balaban J connectivity index is 1.82. The molecule has 2 aliphatic rings. The van der Waals surface area contributed by atoms with E-state index in [4.69, 9.17) is 0 Å². The minimum Gasteiger partial charge on any atom is -0.322 e. The number of rotatable bonds is 4. The molecule has 2 heterocycles. The van der Waals surface area contributed by atoms with Crippen LogP contribution in [0.3, 0.4) is 0 Å². The lowest BCUT2D eigenvalue weighted by Crippen LogP contribution is -2.61. The molecule has 0 bridgehead atoms. The molecule has 8 nitrogen and oxygen atoms in total. The molecule has 0 unspecified atom stereocenters. The van der Waals surface area contributed by atoms with Crippen LogP contribution in [-0.2, 0) is 9.59 Å². The van der Waals surface area contributed by atoms with Gasteiger partial charge in [0.25, 0.3) is 5.91 Å². The Bertz CT molecular complexity index is 766. The Kier molecular flexibility index (Phi) is 5.57. The number of barbiturate groups is 1. The zero-order valence-electron chi connectivity index (χ0n) is 15.9. The maximum Gasteiger partial charge on any atom is 0.335 e. The van der Waals surface area contributed by atoms with Crippen molar-refractivity contribution in [3.8, 4) is 0 Å². The fourth-order valence-corrected chi connectivity index (χ4v) is 3.18. The Morgan fingerprint density at radius 2 is 1.74 bits per heavy atom. The normalized spacial score (nSPS) is 22.8. The largest absolute Gasteiger partial charge is 0.335 e. The van der Waals surface area contributed by atoms with Crippen LogP contribution in [0.1, 0.15) is 12.5 Å².